The summed E-state index contributed by atoms with van der Waals surface area (Å²) < 4.78 is 4.71. The Hall–Kier alpha value is -1.10. The molecule has 2 N–H and O–H groups in total. The first kappa shape index (κ1) is 16.9. The number of carbonyl (C=O) groups is 2. The van der Waals surface area contributed by atoms with Crippen molar-refractivity contribution < 1.29 is 14.3 Å². The molecule has 0 aromatic rings. The average molecular weight is 258 g/mol. The van der Waals surface area contributed by atoms with E-state index in [1.54, 1.807) is 0 Å². The summed E-state index contributed by atoms with van der Waals surface area (Å²) in [5.74, 6) is -0.503. The van der Waals surface area contributed by atoms with Gasteiger partial charge in [0.25, 0.3) is 0 Å². The molecule has 5 heteroatoms. The quantitative estimate of drug-likeness (QED) is 0.639. The number of esters is 1. The summed E-state index contributed by atoms with van der Waals surface area (Å²) in [6.07, 6.45) is 1.76. The van der Waals surface area contributed by atoms with Crippen LogP contribution in [0.15, 0.2) is 0 Å². The van der Waals surface area contributed by atoms with Gasteiger partial charge in [-0.25, -0.2) is 4.79 Å². The van der Waals surface area contributed by atoms with E-state index < -0.39 is 6.04 Å². The molecule has 5 nitrogen and oxygen atoms in total. The molecule has 0 saturated carbocycles. The van der Waals surface area contributed by atoms with Crippen molar-refractivity contribution in [2.45, 2.75) is 52.6 Å². The number of amides is 1. The zero-order valence-corrected chi connectivity index (χ0v) is 12.1. The van der Waals surface area contributed by atoms with Gasteiger partial charge in [-0.1, -0.05) is 27.2 Å². The largest absolute Gasteiger partial charge is 0.467 e. The maximum atomic E-state index is 11.7. The van der Waals surface area contributed by atoms with Crippen LogP contribution in [0.1, 0.15) is 40.5 Å². The van der Waals surface area contributed by atoms with Gasteiger partial charge in [0.2, 0.25) is 5.91 Å². The Balaban J connectivity index is 4.31. The third kappa shape index (κ3) is 6.00. The lowest BCUT2D eigenvalue weighted by molar-refractivity contribution is -0.146. The molecule has 0 aromatic carbocycles. The van der Waals surface area contributed by atoms with E-state index in [4.69, 9.17) is 4.74 Å². The van der Waals surface area contributed by atoms with E-state index in [1.807, 2.05) is 27.7 Å². The fraction of sp³-hybridized carbons (Fsp3) is 0.846. The standard InChI is InChI=1S/C13H26N2O3/c1-6-9(3)12(13(17)18-5)15-11(16)8-14-10(4)7-2/h9-10,12,14H,6-8H2,1-5H3,(H,15,16). The predicted molar refractivity (Wildman–Crippen MR) is 71.2 cm³/mol. The van der Waals surface area contributed by atoms with Crippen molar-refractivity contribution >= 4 is 11.9 Å². The molecule has 18 heavy (non-hydrogen) atoms. The van der Waals surface area contributed by atoms with Gasteiger partial charge in [-0.3, -0.25) is 4.79 Å². The van der Waals surface area contributed by atoms with Gasteiger partial charge in [-0.2, -0.15) is 0 Å². The molecule has 0 radical (unpaired) electrons. The van der Waals surface area contributed by atoms with Crippen molar-refractivity contribution in [3.05, 3.63) is 0 Å². The Morgan fingerprint density at radius 2 is 1.78 bits per heavy atom. The van der Waals surface area contributed by atoms with E-state index in [0.717, 1.165) is 12.8 Å². The highest BCUT2D eigenvalue weighted by molar-refractivity contribution is 5.85. The molecule has 3 unspecified atom stereocenters. The van der Waals surface area contributed by atoms with E-state index in [0.29, 0.717) is 0 Å². The molecule has 3 atom stereocenters. The lowest BCUT2D eigenvalue weighted by Crippen LogP contribution is -2.49. The van der Waals surface area contributed by atoms with Crippen molar-refractivity contribution in [3.63, 3.8) is 0 Å². The third-order valence-electron chi connectivity index (χ3n) is 3.21. The van der Waals surface area contributed by atoms with Crippen LogP contribution in [-0.4, -0.2) is 37.6 Å². The molecular formula is C13H26N2O3. The van der Waals surface area contributed by atoms with Crippen molar-refractivity contribution in [3.8, 4) is 0 Å². The summed E-state index contributed by atoms with van der Waals surface area (Å²) >= 11 is 0. The van der Waals surface area contributed by atoms with Crippen LogP contribution in [-0.2, 0) is 14.3 Å². The number of hydrogen-bond acceptors (Lipinski definition) is 4. The second-order valence-electron chi connectivity index (χ2n) is 4.64. The number of nitrogens with one attached hydrogen (secondary N) is 2. The van der Waals surface area contributed by atoms with Crippen LogP contribution in [0, 0.1) is 5.92 Å². The van der Waals surface area contributed by atoms with Crippen molar-refractivity contribution in [1.82, 2.24) is 10.6 Å². The highest BCUT2D eigenvalue weighted by Crippen LogP contribution is 2.08. The van der Waals surface area contributed by atoms with Crippen LogP contribution in [0.2, 0.25) is 0 Å². The molecule has 0 fully saturated rings. The zero-order chi connectivity index (χ0) is 14.1. The summed E-state index contributed by atoms with van der Waals surface area (Å²) in [5.41, 5.74) is 0. The second kappa shape index (κ2) is 8.91. The molecular weight excluding hydrogens is 232 g/mol. The van der Waals surface area contributed by atoms with Crippen LogP contribution >= 0.6 is 0 Å². The Bertz CT molecular complexity index is 269. The highest BCUT2D eigenvalue weighted by atomic mass is 16.5. The van der Waals surface area contributed by atoms with Crippen LogP contribution in [0.4, 0.5) is 0 Å². The van der Waals surface area contributed by atoms with Gasteiger partial charge in [0, 0.05) is 6.04 Å². The summed E-state index contributed by atoms with van der Waals surface area (Å²) in [6.45, 7) is 8.18. The van der Waals surface area contributed by atoms with Gasteiger partial charge >= 0.3 is 5.97 Å². The van der Waals surface area contributed by atoms with E-state index in [9.17, 15) is 9.59 Å². The Kier molecular flexibility index (Phi) is 8.37. The topological polar surface area (TPSA) is 67.4 Å². The van der Waals surface area contributed by atoms with Crippen molar-refractivity contribution in [1.29, 1.82) is 0 Å². The molecule has 0 aromatic heterocycles. The maximum absolute atomic E-state index is 11.7. The summed E-state index contributed by atoms with van der Waals surface area (Å²) in [5, 5.41) is 5.81. The third-order valence-corrected chi connectivity index (χ3v) is 3.21. The minimum absolute atomic E-state index is 0.0602. The molecule has 0 aliphatic carbocycles. The molecule has 0 aliphatic rings. The van der Waals surface area contributed by atoms with E-state index in [2.05, 4.69) is 10.6 Å². The van der Waals surface area contributed by atoms with E-state index >= 15 is 0 Å². The van der Waals surface area contributed by atoms with E-state index in [-0.39, 0.29) is 30.4 Å². The van der Waals surface area contributed by atoms with Gasteiger partial charge in [-0.15, -0.1) is 0 Å². The Labute approximate surface area is 110 Å². The fourth-order valence-electron chi connectivity index (χ4n) is 1.43. The van der Waals surface area contributed by atoms with Crippen molar-refractivity contribution in [2.24, 2.45) is 5.92 Å². The number of ether oxygens (including phenoxy) is 1. The highest BCUT2D eigenvalue weighted by Gasteiger charge is 2.26. The van der Waals surface area contributed by atoms with E-state index in [1.165, 1.54) is 7.11 Å². The minimum atomic E-state index is -0.564. The number of methoxy groups -OCH3 is 1. The minimum Gasteiger partial charge on any atom is -0.467 e. The normalized spacial score (nSPS) is 15.6. The van der Waals surface area contributed by atoms with Crippen LogP contribution in [0.5, 0.6) is 0 Å². The first-order chi connectivity index (χ1) is 8.46. The van der Waals surface area contributed by atoms with Gasteiger partial charge in [0.15, 0.2) is 0 Å². The van der Waals surface area contributed by atoms with Crippen molar-refractivity contribution in [2.75, 3.05) is 13.7 Å². The molecule has 0 bridgehead atoms. The van der Waals surface area contributed by atoms with Gasteiger partial charge in [0.05, 0.1) is 13.7 Å². The lowest BCUT2D eigenvalue weighted by atomic mass is 9.99. The summed E-state index contributed by atoms with van der Waals surface area (Å²) in [7, 11) is 1.33. The molecule has 0 rings (SSSR count). The summed E-state index contributed by atoms with van der Waals surface area (Å²) in [4.78, 5) is 23.3. The van der Waals surface area contributed by atoms with Gasteiger partial charge < -0.3 is 15.4 Å². The SMILES string of the molecule is CCC(C)NCC(=O)NC(C(=O)OC)C(C)CC. The predicted octanol–water partition coefficient (Wildman–Crippen LogP) is 1.08. The molecule has 0 heterocycles. The van der Waals surface area contributed by atoms with Crippen LogP contribution < -0.4 is 10.6 Å². The molecule has 0 aliphatic heterocycles. The lowest BCUT2D eigenvalue weighted by Gasteiger charge is -2.22. The van der Waals surface area contributed by atoms with Crippen LogP contribution in [0.3, 0.4) is 0 Å². The van der Waals surface area contributed by atoms with Gasteiger partial charge in [-0.05, 0) is 19.3 Å². The number of carbonyl (C=O) groups excluding carboxylic acids is 2. The van der Waals surface area contributed by atoms with Crippen LogP contribution in [0.25, 0.3) is 0 Å². The van der Waals surface area contributed by atoms with Gasteiger partial charge in [0.1, 0.15) is 6.04 Å². The smallest absolute Gasteiger partial charge is 0.328 e. The number of hydrogen-bond donors (Lipinski definition) is 2. The fourth-order valence-corrected chi connectivity index (χ4v) is 1.43. The first-order valence-corrected chi connectivity index (χ1v) is 6.56. The summed E-state index contributed by atoms with van der Waals surface area (Å²) in [6, 6.07) is -0.276. The molecule has 0 saturated heterocycles. The molecule has 1 amide bonds. The Morgan fingerprint density at radius 1 is 1.17 bits per heavy atom. The average Bonchev–Trinajstić information content (AvgIpc) is 2.40. The molecule has 0 spiro atoms. The first-order valence-electron chi connectivity index (χ1n) is 6.56. The maximum Gasteiger partial charge on any atom is 0.328 e. The monoisotopic (exact) mass is 258 g/mol. The molecule has 106 valence electrons. The number of rotatable bonds is 8. The Morgan fingerprint density at radius 3 is 2.22 bits per heavy atom. The zero-order valence-electron chi connectivity index (χ0n) is 12.1. The second-order valence-corrected chi connectivity index (χ2v) is 4.64.